The van der Waals surface area contributed by atoms with E-state index in [0.717, 1.165) is 49.1 Å². The third-order valence-corrected chi connectivity index (χ3v) is 5.27. The normalized spacial score (nSPS) is 14.0. The van der Waals surface area contributed by atoms with Crippen LogP contribution in [0.1, 0.15) is 15.9 Å². The summed E-state index contributed by atoms with van der Waals surface area (Å²) in [4.78, 5) is 22.7. The van der Waals surface area contributed by atoms with Gasteiger partial charge in [-0.15, -0.1) is 24.0 Å². The standard InChI is InChI=1S/C23H31N5O2.HI/c1-24-23(25-17-18-9-11-19(12-10-18)22(29)26(2)3)28-15-13-27(14-16-28)20-7-5-6-8-21(20)30-4;/h5-12H,13-17H2,1-4H3,(H,24,25);1H. The van der Waals surface area contributed by atoms with Gasteiger partial charge in [-0.1, -0.05) is 24.3 Å². The average Bonchev–Trinajstić information content (AvgIpc) is 2.79. The summed E-state index contributed by atoms with van der Waals surface area (Å²) in [7, 11) is 7.04. The van der Waals surface area contributed by atoms with Gasteiger partial charge in [0.15, 0.2) is 5.96 Å². The molecular formula is C23H32IN5O2. The second kappa shape index (κ2) is 11.8. The molecule has 0 aromatic heterocycles. The van der Waals surface area contributed by atoms with Crippen LogP contribution < -0.4 is 15.0 Å². The minimum Gasteiger partial charge on any atom is -0.495 e. The summed E-state index contributed by atoms with van der Waals surface area (Å²) in [6, 6.07) is 15.8. The number of nitrogens with zero attached hydrogens (tertiary/aromatic N) is 4. The Morgan fingerprint density at radius 1 is 1.06 bits per heavy atom. The molecule has 8 heteroatoms. The van der Waals surface area contributed by atoms with Crippen LogP contribution in [-0.2, 0) is 6.54 Å². The minimum atomic E-state index is 0. The molecule has 1 saturated heterocycles. The maximum Gasteiger partial charge on any atom is 0.253 e. The monoisotopic (exact) mass is 537 g/mol. The van der Waals surface area contributed by atoms with E-state index in [4.69, 9.17) is 4.74 Å². The first-order chi connectivity index (χ1) is 14.5. The zero-order chi connectivity index (χ0) is 21.5. The van der Waals surface area contributed by atoms with E-state index in [9.17, 15) is 4.79 Å². The third kappa shape index (κ3) is 6.25. The van der Waals surface area contributed by atoms with Gasteiger partial charge in [0.2, 0.25) is 0 Å². The molecule has 1 heterocycles. The van der Waals surface area contributed by atoms with Crippen molar-refractivity contribution in [3.05, 3.63) is 59.7 Å². The molecule has 3 rings (SSSR count). The molecule has 1 N–H and O–H groups in total. The molecule has 0 atom stereocenters. The molecule has 0 radical (unpaired) electrons. The van der Waals surface area contributed by atoms with E-state index in [1.54, 1.807) is 26.1 Å². The summed E-state index contributed by atoms with van der Waals surface area (Å²) < 4.78 is 5.50. The number of amides is 1. The number of guanidine groups is 1. The Balaban J connectivity index is 0.00000341. The smallest absolute Gasteiger partial charge is 0.253 e. The quantitative estimate of drug-likeness (QED) is 0.361. The van der Waals surface area contributed by atoms with Gasteiger partial charge in [0.25, 0.3) is 5.91 Å². The van der Waals surface area contributed by atoms with Crippen molar-refractivity contribution in [3.8, 4) is 5.75 Å². The fourth-order valence-corrected chi connectivity index (χ4v) is 3.59. The summed E-state index contributed by atoms with van der Waals surface area (Å²) in [5, 5.41) is 3.44. The number of ether oxygens (including phenoxy) is 1. The highest BCUT2D eigenvalue weighted by molar-refractivity contribution is 14.0. The van der Waals surface area contributed by atoms with E-state index in [2.05, 4.69) is 26.2 Å². The highest BCUT2D eigenvalue weighted by Crippen LogP contribution is 2.28. The van der Waals surface area contributed by atoms with Crippen molar-refractivity contribution in [1.82, 2.24) is 15.1 Å². The van der Waals surface area contributed by atoms with E-state index < -0.39 is 0 Å². The van der Waals surface area contributed by atoms with Gasteiger partial charge in [-0.25, -0.2) is 0 Å². The Hall–Kier alpha value is -2.49. The van der Waals surface area contributed by atoms with E-state index in [0.29, 0.717) is 12.1 Å². The molecule has 0 spiro atoms. The number of anilines is 1. The molecule has 1 aliphatic heterocycles. The first-order valence-electron chi connectivity index (χ1n) is 10.2. The van der Waals surface area contributed by atoms with Crippen LogP contribution in [0.15, 0.2) is 53.5 Å². The van der Waals surface area contributed by atoms with Crippen LogP contribution in [0.25, 0.3) is 0 Å². The van der Waals surface area contributed by atoms with Crippen LogP contribution in [0, 0.1) is 0 Å². The molecule has 0 aliphatic carbocycles. The van der Waals surface area contributed by atoms with Gasteiger partial charge in [0.1, 0.15) is 5.75 Å². The number of piperazine rings is 1. The number of hydrogen-bond donors (Lipinski definition) is 1. The van der Waals surface area contributed by atoms with Crippen molar-refractivity contribution < 1.29 is 9.53 Å². The molecule has 1 fully saturated rings. The Labute approximate surface area is 202 Å². The summed E-state index contributed by atoms with van der Waals surface area (Å²) in [6.07, 6.45) is 0. The van der Waals surface area contributed by atoms with Crippen LogP contribution in [0.4, 0.5) is 5.69 Å². The van der Waals surface area contributed by atoms with Crippen LogP contribution in [0.2, 0.25) is 0 Å². The first-order valence-corrected chi connectivity index (χ1v) is 10.2. The van der Waals surface area contributed by atoms with Crippen molar-refractivity contribution >= 4 is 41.5 Å². The highest BCUT2D eigenvalue weighted by Gasteiger charge is 2.21. The predicted octanol–water partition coefficient (Wildman–Crippen LogP) is 2.91. The van der Waals surface area contributed by atoms with Crippen molar-refractivity contribution in [2.45, 2.75) is 6.54 Å². The molecule has 2 aromatic carbocycles. The van der Waals surface area contributed by atoms with Gasteiger partial charge in [0.05, 0.1) is 12.8 Å². The number of hydrogen-bond acceptors (Lipinski definition) is 4. The predicted molar refractivity (Wildman–Crippen MR) is 137 cm³/mol. The van der Waals surface area contributed by atoms with Gasteiger partial charge in [-0.05, 0) is 29.8 Å². The summed E-state index contributed by atoms with van der Waals surface area (Å²) >= 11 is 0. The zero-order valence-electron chi connectivity index (χ0n) is 18.7. The number of carbonyl (C=O) groups is 1. The molecule has 1 amide bonds. The molecule has 0 unspecified atom stereocenters. The lowest BCUT2D eigenvalue weighted by Gasteiger charge is -2.38. The fraction of sp³-hybridized carbons (Fsp3) is 0.391. The number of nitrogens with one attached hydrogen (secondary N) is 1. The average molecular weight is 537 g/mol. The Morgan fingerprint density at radius 3 is 2.29 bits per heavy atom. The number of methoxy groups -OCH3 is 1. The fourth-order valence-electron chi connectivity index (χ4n) is 3.59. The van der Waals surface area contributed by atoms with E-state index in [1.807, 2.05) is 49.5 Å². The van der Waals surface area contributed by atoms with Crippen LogP contribution in [0.5, 0.6) is 5.75 Å². The Bertz CT molecular complexity index is 878. The van der Waals surface area contributed by atoms with Gasteiger partial charge in [-0.3, -0.25) is 9.79 Å². The lowest BCUT2D eigenvalue weighted by atomic mass is 10.1. The summed E-state index contributed by atoms with van der Waals surface area (Å²) in [5.41, 5.74) is 2.94. The summed E-state index contributed by atoms with van der Waals surface area (Å²) in [5.74, 6) is 1.81. The molecule has 168 valence electrons. The van der Waals surface area contributed by atoms with E-state index >= 15 is 0 Å². The lowest BCUT2D eigenvalue weighted by molar-refractivity contribution is 0.0827. The van der Waals surface area contributed by atoms with Crippen LogP contribution in [0.3, 0.4) is 0 Å². The van der Waals surface area contributed by atoms with E-state index in [1.165, 1.54) is 0 Å². The SMILES string of the molecule is CN=C(NCc1ccc(C(=O)N(C)C)cc1)N1CCN(c2ccccc2OC)CC1.I. The maximum atomic E-state index is 12.0. The summed E-state index contributed by atoms with van der Waals surface area (Å²) in [6.45, 7) is 4.24. The van der Waals surface area contributed by atoms with Crippen molar-refractivity contribution in [2.24, 2.45) is 4.99 Å². The number of carbonyl (C=O) groups excluding carboxylic acids is 1. The van der Waals surface area contributed by atoms with Gasteiger partial charge in [-0.2, -0.15) is 0 Å². The van der Waals surface area contributed by atoms with Gasteiger partial charge >= 0.3 is 0 Å². The first kappa shape index (κ1) is 24.8. The molecule has 0 saturated carbocycles. The molecule has 31 heavy (non-hydrogen) atoms. The number of rotatable bonds is 5. The lowest BCUT2D eigenvalue weighted by Crippen LogP contribution is -2.52. The number of para-hydroxylation sites is 2. The number of benzene rings is 2. The van der Waals surface area contributed by atoms with Gasteiger partial charge in [0, 0.05) is 59.4 Å². The second-order valence-corrected chi connectivity index (χ2v) is 7.44. The van der Waals surface area contributed by atoms with Crippen molar-refractivity contribution in [3.63, 3.8) is 0 Å². The molecule has 1 aliphatic rings. The van der Waals surface area contributed by atoms with E-state index in [-0.39, 0.29) is 29.9 Å². The van der Waals surface area contributed by atoms with Crippen molar-refractivity contribution in [1.29, 1.82) is 0 Å². The second-order valence-electron chi connectivity index (χ2n) is 7.44. The topological polar surface area (TPSA) is 60.4 Å². The number of aliphatic imine (C=N–C) groups is 1. The third-order valence-electron chi connectivity index (χ3n) is 5.27. The van der Waals surface area contributed by atoms with Crippen LogP contribution in [-0.4, -0.2) is 76.1 Å². The largest absolute Gasteiger partial charge is 0.495 e. The Morgan fingerprint density at radius 2 is 1.71 bits per heavy atom. The molecule has 7 nitrogen and oxygen atoms in total. The highest BCUT2D eigenvalue weighted by atomic mass is 127. The minimum absolute atomic E-state index is 0. The maximum absolute atomic E-state index is 12.0. The Kier molecular flexibility index (Phi) is 9.42. The zero-order valence-corrected chi connectivity index (χ0v) is 21.0. The van der Waals surface area contributed by atoms with Gasteiger partial charge < -0.3 is 24.8 Å². The molecular weight excluding hydrogens is 505 g/mol. The molecule has 0 bridgehead atoms. The number of halogens is 1. The van der Waals surface area contributed by atoms with Crippen molar-refractivity contribution in [2.75, 3.05) is 59.3 Å². The van der Waals surface area contributed by atoms with Crippen LogP contribution >= 0.6 is 24.0 Å². The molecule has 2 aromatic rings.